The highest BCUT2D eigenvalue weighted by Gasteiger charge is 2.02. The molecule has 0 spiro atoms. The number of nitrogen functional groups attached to an aromatic ring is 1. The highest BCUT2D eigenvalue weighted by molar-refractivity contribution is 7.99. The minimum absolute atomic E-state index is 0.308. The van der Waals surface area contributed by atoms with Gasteiger partial charge in [-0.3, -0.25) is 4.79 Å². The standard InChI is InChI=1S/C9H11ClN2OS/c10-7-2-1-6(11)5-8(7)14-4-3-9(12)13/h1-2,5H,3-4,11H2,(H2,12,13). The molecule has 0 fully saturated rings. The van der Waals surface area contributed by atoms with Gasteiger partial charge in [-0.05, 0) is 18.2 Å². The summed E-state index contributed by atoms with van der Waals surface area (Å²) in [6.07, 6.45) is 0.343. The lowest BCUT2D eigenvalue weighted by molar-refractivity contribution is -0.117. The van der Waals surface area contributed by atoms with E-state index in [1.165, 1.54) is 11.8 Å². The van der Waals surface area contributed by atoms with Crippen molar-refractivity contribution in [2.24, 2.45) is 5.73 Å². The van der Waals surface area contributed by atoms with Crippen LogP contribution in [0.15, 0.2) is 23.1 Å². The molecule has 0 heterocycles. The number of amides is 1. The molecule has 14 heavy (non-hydrogen) atoms. The number of rotatable bonds is 4. The van der Waals surface area contributed by atoms with E-state index in [9.17, 15) is 4.79 Å². The Labute approximate surface area is 91.8 Å². The van der Waals surface area contributed by atoms with Crippen LogP contribution in [0.1, 0.15) is 6.42 Å². The van der Waals surface area contributed by atoms with Crippen LogP contribution in [-0.2, 0) is 4.79 Å². The van der Waals surface area contributed by atoms with E-state index in [-0.39, 0.29) is 5.91 Å². The number of anilines is 1. The molecule has 4 N–H and O–H groups in total. The molecule has 76 valence electrons. The number of hydrogen-bond acceptors (Lipinski definition) is 3. The van der Waals surface area contributed by atoms with E-state index >= 15 is 0 Å². The first-order valence-electron chi connectivity index (χ1n) is 4.05. The van der Waals surface area contributed by atoms with E-state index in [4.69, 9.17) is 23.1 Å². The van der Waals surface area contributed by atoms with E-state index < -0.39 is 0 Å². The number of primary amides is 1. The molecule has 5 heteroatoms. The van der Waals surface area contributed by atoms with Crippen molar-refractivity contribution >= 4 is 35.0 Å². The van der Waals surface area contributed by atoms with Crippen LogP contribution in [0.3, 0.4) is 0 Å². The monoisotopic (exact) mass is 230 g/mol. The summed E-state index contributed by atoms with van der Waals surface area (Å²) in [5.41, 5.74) is 11.3. The van der Waals surface area contributed by atoms with Crippen LogP contribution >= 0.6 is 23.4 Å². The average molecular weight is 231 g/mol. The molecule has 0 aliphatic rings. The van der Waals surface area contributed by atoms with Crippen LogP contribution in [-0.4, -0.2) is 11.7 Å². The summed E-state index contributed by atoms with van der Waals surface area (Å²) < 4.78 is 0. The van der Waals surface area contributed by atoms with Gasteiger partial charge in [0.25, 0.3) is 0 Å². The minimum Gasteiger partial charge on any atom is -0.399 e. The lowest BCUT2D eigenvalue weighted by Crippen LogP contribution is -2.10. The van der Waals surface area contributed by atoms with Gasteiger partial charge in [-0.15, -0.1) is 11.8 Å². The molecule has 0 radical (unpaired) electrons. The first-order valence-corrected chi connectivity index (χ1v) is 5.42. The van der Waals surface area contributed by atoms with Crippen molar-refractivity contribution in [3.63, 3.8) is 0 Å². The molecule has 1 amide bonds. The Morgan fingerprint density at radius 3 is 2.86 bits per heavy atom. The second-order valence-corrected chi connectivity index (χ2v) is 4.30. The van der Waals surface area contributed by atoms with Crippen LogP contribution in [0.4, 0.5) is 5.69 Å². The van der Waals surface area contributed by atoms with Gasteiger partial charge in [-0.1, -0.05) is 11.6 Å². The summed E-state index contributed by atoms with van der Waals surface area (Å²) >= 11 is 7.40. The molecule has 0 saturated heterocycles. The van der Waals surface area contributed by atoms with Gasteiger partial charge in [-0.2, -0.15) is 0 Å². The van der Waals surface area contributed by atoms with Gasteiger partial charge in [0, 0.05) is 22.8 Å². The molecule has 0 atom stereocenters. The van der Waals surface area contributed by atoms with Crippen molar-refractivity contribution in [3.05, 3.63) is 23.2 Å². The maximum atomic E-state index is 10.5. The van der Waals surface area contributed by atoms with Gasteiger partial charge >= 0.3 is 0 Å². The summed E-state index contributed by atoms with van der Waals surface area (Å²) in [4.78, 5) is 11.4. The summed E-state index contributed by atoms with van der Waals surface area (Å²) in [7, 11) is 0. The Morgan fingerprint density at radius 1 is 1.50 bits per heavy atom. The second kappa shape index (κ2) is 5.12. The number of carbonyl (C=O) groups is 1. The van der Waals surface area contributed by atoms with Gasteiger partial charge in [-0.25, -0.2) is 0 Å². The van der Waals surface area contributed by atoms with E-state index in [2.05, 4.69) is 0 Å². The van der Waals surface area contributed by atoms with Crippen LogP contribution in [0.2, 0.25) is 5.02 Å². The highest BCUT2D eigenvalue weighted by Crippen LogP contribution is 2.29. The van der Waals surface area contributed by atoms with Crippen LogP contribution < -0.4 is 11.5 Å². The lowest BCUT2D eigenvalue weighted by Gasteiger charge is -2.03. The molecule has 3 nitrogen and oxygen atoms in total. The van der Waals surface area contributed by atoms with Crippen molar-refractivity contribution in [1.29, 1.82) is 0 Å². The number of hydrogen-bond donors (Lipinski definition) is 2. The topological polar surface area (TPSA) is 69.1 Å². The normalized spacial score (nSPS) is 10.1. The molecular weight excluding hydrogens is 220 g/mol. The van der Waals surface area contributed by atoms with Crippen LogP contribution in [0, 0.1) is 0 Å². The number of halogens is 1. The fourth-order valence-corrected chi connectivity index (χ4v) is 2.12. The maximum absolute atomic E-state index is 10.5. The molecule has 1 rings (SSSR count). The molecule has 1 aromatic rings. The predicted octanol–water partition coefficient (Wildman–Crippen LogP) is 1.89. The van der Waals surface area contributed by atoms with E-state index in [1.54, 1.807) is 18.2 Å². The summed E-state index contributed by atoms with van der Waals surface area (Å²) in [5, 5.41) is 0.647. The summed E-state index contributed by atoms with van der Waals surface area (Å²) in [6, 6.07) is 5.26. The van der Waals surface area contributed by atoms with Gasteiger partial charge in [0.2, 0.25) is 5.91 Å². The third-order valence-corrected chi connectivity index (χ3v) is 3.06. The molecule has 0 aromatic heterocycles. The van der Waals surface area contributed by atoms with Crippen LogP contribution in [0.25, 0.3) is 0 Å². The fraction of sp³-hybridized carbons (Fsp3) is 0.222. The Bertz CT molecular complexity index is 344. The number of benzene rings is 1. The van der Waals surface area contributed by atoms with Crippen LogP contribution in [0.5, 0.6) is 0 Å². The zero-order chi connectivity index (χ0) is 10.6. The molecule has 0 saturated carbocycles. The number of nitrogens with two attached hydrogens (primary N) is 2. The molecular formula is C9H11ClN2OS. The lowest BCUT2D eigenvalue weighted by atomic mass is 10.3. The minimum atomic E-state index is -0.308. The van der Waals surface area contributed by atoms with Crippen molar-refractivity contribution in [3.8, 4) is 0 Å². The van der Waals surface area contributed by atoms with E-state index in [0.717, 1.165) is 4.90 Å². The zero-order valence-electron chi connectivity index (χ0n) is 7.50. The first kappa shape index (κ1) is 11.2. The zero-order valence-corrected chi connectivity index (χ0v) is 9.07. The van der Waals surface area contributed by atoms with Crippen molar-refractivity contribution in [2.45, 2.75) is 11.3 Å². The fourth-order valence-electron chi connectivity index (χ4n) is 0.892. The highest BCUT2D eigenvalue weighted by atomic mass is 35.5. The average Bonchev–Trinajstić information content (AvgIpc) is 2.10. The SMILES string of the molecule is NC(=O)CCSc1cc(N)ccc1Cl. The van der Waals surface area contributed by atoms with Gasteiger partial charge in [0.1, 0.15) is 0 Å². The number of carbonyl (C=O) groups excluding carboxylic acids is 1. The van der Waals surface area contributed by atoms with E-state index in [0.29, 0.717) is 22.9 Å². The maximum Gasteiger partial charge on any atom is 0.218 e. The summed E-state index contributed by atoms with van der Waals surface area (Å²) in [5.74, 6) is 0.316. The molecule has 1 aromatic carbocycles. The van der Waals surface area contributed by atoms with Crippen molar-refractivity contribution in [2.75, 3.05) is 11.5 Å². The Morgan fingerprint density at radius 2 is 2.21 bits per heavy atom. The second-order valence-electron chi connectivity index (χ2n) is 2.75. The van der Waals surface area contributed by atoms with Gasteiger partial charge in [0.05, 0.1) is 5.02 Å². The predicted molar refractivity (Wildman–Crippen MR) is 60.4 cm³/mol. The molecule has 0 aliphatic carbocycles. The van der Waals surface area contributed by atoms with Crippen molar-refractivity contribution < 1.29 is 4.79 Å². The smallest absolute Gasteiger partial charge is 0.218 e. The third-order valence-electron chi connectivity index (χ3n) is 1.56. The Balaban J connectivity index is 2.57. The quantitative estimate of drug-likeness (QED) is 0.613. The molecule has 0 unspecified atom stereocenters. The number of thioether (sulfide) groups is 1. The van der Waals surface area contributed by atoms with Gasteiger partial charge < -0.3 is 11.5 Å². The largest absolute Gasteiger partial charge is 0.399 e. The Hall–Kier alpha value is -0.870. The van der Waals surface area contributed by atoms with Crippen molar-refractivity contribution in [1.82, 2.24) is 0 Å². The Kier molecular flexibility index (Phi) is 4.10. The summed E-state index contributed by atoms with van der Waals surface area (Å²) in [6.45, 7) is 0. The van der Waals surface area contributed by atoms with E-state index in [1.807, 2.05) is 0 Å². The molecule has 0 bridgehead atoms. The first-order chi connectivity index (χ1) is 6.59. The van der Waals surface area contributed by atoms with Gasteiger partial charge in [0.15, 0.2) is 0 Å². The molecule has 0 aliphatic heterocycles. The third kappa shape index (κ3) is 3.47.